The first-order chi connectivity index (χ1) is 17.6. The number of halogens is 6. The van der Waals surface area contributed by atoms with Crippen LogP contribution in [0.5, 0.6) is 5.75 Å². The lowest BCUT2D eigenvalue weighted by Gasteiger charge is -2.26. The van der Waals surface area contributed by atoms with Crippen molar-refractivity contribution in [2.75, 3.05) is 0 Å². The van der Waals surface area contributed by atoms with Crippen LogP contribution in [0.15, 0.2) is 61.2 Å². The van der Waals surface area contributed by atoms with Crippen LogP contribution >= 0.6 is 11.3 Å². The molecule has 192 valence electrons. The van der Waals surface area contributed by atoms with Crippen molar-refractivity contribution in [3.8, 4) is 16.9 Å². The molecule has 37 heavy (non-hydrogen) atoms. The molecule has 2 nitrogen and oxygen atoms in total. The summed E-state index contributed by atoms with van der Waals surface area (Å²) in [5.41, 5.74) is 0.907. The Morgan fingerprint density at radius 1 is 0.892 bits per heavy atom. The summed E-state index contributed by atoms with van der Waals surface area (Å²) in [6.45, 7) is 3.86. The molecular weight excluding hydrogens is 512 g/mol. The topological polar surface area (TPSA) is 22.1 Å². The van der Waals surface area contributed by atoms with Crippen LogP contribution in [0.3, 0.4) is 0 Å². The van der Waals surface area contributed by atoms with Gasteiger partial charge in [-0.1, -0.05) is 12.1 Å². The van der Waals surface area contributed by atoms with Gasteiger partial charge in [-0.25, -0.2) is 22.5 Å². The Bertz CT molecular complexity index is 1450. The number of benzene rings is 3. The van der Waals surface area contributed by atoms with Crippen LogP contribution in [0.1, 0.15) is 42.2 Å². The fourth-order valence-corrected chi connectivity index (χ4v) is 5.63. The zero-order valence-corrected chi connectivity index (χ0v) is 20.2. The summed E-state index contributed by atoms with van der Waals surface area (Å²) in [5.74, 6) is -5.39. The van der Waals surface area contributed by atoms with Crippen molar-refractivity contribution in [1.82, 2.24) is 4.98 Å². The largest absolute Gasteiger partial charge is 0.454 e. The molecule has 0 N–H and O–H groups in total. The van der Waals surface area contributed by atoms with Gasteiger partial charge in [0.1, 0.15) is 11.6 Å². The maximum atomic E-state index is 15.0. The average Bonchev–Trinajstić information content (AvgIpc) is 3.32. The number of aromatic nitrogens is 1. The van der Waals surface area contributed by atoms with Gasteiger partial charge in [0.05, 0.1) is 10.2 Å². The molecule has 0 spiro atoms. The molecule has 3 aromatic carbocycles. The fraction of sp³-hybridized carbons (Fsp3) is 0.250. The van der Waals surface area contributed by atoms with E-state index in [0.717, 1.165) is 54.7 Å². The lowest BCUT2D eigenvalue weighted by molar-refractivity contribution is -0.185. The number of allylic oxidation sites excluding steroid dienone is 1. The second kappa shape index (κ2) is 9.85. The van der Waals surface area contributed by atoms with Crippen molar-refractivity contribution in [2.45, 2.75) is 37.7 Å². The molecule has 4 aromatic rings. The summed E-state index contributed by atoms with van der Waals surface area (Å²) >= 11 is 0.801. The molecule has 0 saturated heterocycles. The van der Waals surface area contributed by atoms with E-state index < -0.39 is 40.1 Å². The Balaban J connectivity index is 1.36. The maximum Gasteiger partial charge on any atom is 0.454 e. The smallest absolute Gasteiger partial charge is 0.427 e. The van der Waals surface area contributed by atoms with Gasteiger partial charge in [0.2, 0.25) is 5.01 Å². The molecule has 1 fully saturated rings. The molecule has 5 rings (SSSR count). The van der Waals surface area contributed by atoms with E-state index in [0.29, 0.717) is 40.3 Å². The fourth-order valence-electron chi connectivity index (χ4n) is 4.70. The van der Waals surface area contributed by atoms with Crippen molar-refractivity contribution in [3.05, 3.63) is 95.0 Å². The normalized spacial score (nSPS) is 18.2. The van der Waals surface area contributed by atoms with Gasteiger partial charge in [-0.15, -0.1) is 17.9 Å². The summed E-state index contributed by atoms with van der Waals surface area (Å²) in [6.07, 6.45) is 2.24. The molecule has 0 atom stereocenters. The average molecular weight is 534 g/mol. The molecule has 1 aliphatic rings. The lowest BCUT2D eigenvalue weighted by Crippen LogP contribution is -2.21. The van der Waals surface area contributed by atoms with E-state index in [1.54, 1.807) is 6.07 Å². The third kappa shape index (κ3) is 5.09. The lowest BCUT2D eigenvalue weighted by atomic mass is 9.79. The first kappa shape index (κ1) is 25.3. The van der Waals surface area contributed by atoms with E-state index in [2.05, 4.69) is 11.6 Å². The number of alkyl halides is 2. The highest BCUT2D eigenvalue weighted by molar-refractivity contribution is 7.18. The molecule has 1 aliphatic carbocycles. The Labute approximate surface area is 213 Å². The quantitative estimate of drug-likeness (QED) is 0.140. The second-order valence-corrected chi connectivity index (χ2v) is 10.1. The predicted octanol–water partition coefficient (Wildman–Crippen LogP) is 9.11. The number of thiazole rings is 1. The summed E-state index contributed by atoms with van der Waals surface area (Å²) in [5, 5.41) is -0.581. The third-order valence-corrected chi connectivity index (χ3v) is 7.79. The summed E-state index contributed by atoms with van der Waals surface area (Å²) in [6, 6.07) is 9.50. The van der Waals surface area contributed by atoms with Gasteiger partial charge >= 0.3 is 6.11 Å². The maximum absolute atomic E-state index is 15.0. The Hall–Kier alpha value is -3.33. The van der Waals surface area contributed by atoms with Crippen LogP contribution in [0.25, 0.3) is 21.3 Å². The van der Waals surface area contributed by atoms with Gasteiger partial charge in [-0.2, -0.15) is 8.78 Å². The molecule has 1 heterocycles. The van der Waals surface area contributed by atoms with Gasteiger partial charge in [0, 0.05) is 11.6 Å². The minimum absolute atomic E-state index is 0.285. The van der Waals surface area contributed by atoms with E-state index in [4.69, 9.17) is 4.74 Å². The number of fused-ring (bicyclic) bond motifs is 1. The van der Waals surface area contributed by atoms with Crippen molar-refractivity contribution in [2.24, 2.45) is 5.92 Å². The molecule has 0 bridgehead atoms. The summed E-state index contributed by atoms with van der Waals surface area (Å²) in [4.78, 5) is 4.03. The van der Waals surface area contributed by atoms with E-state index in [-0.39, 0.29) is 11.1 Å². The van der Waals surface area contributed by atoms with Gasteiger partial charge in [-0.3, -0.25) is 0 Å². The van der Waals surface area contributed by atoms with Gasteiger partial charge in [-0.05, 0) is 85.0 Å². The molecular formula is C28H21F6NOS. The van der Waals surface area contributed by atoms with Crippen LogP contribution in [0.4, 0.5) is 26.3 Å². The molecule has 1 saturated carbocycles. The predicted molar refractivity (Wildman–Crippen MR) is 131 cm³/mol. The Kier molecular flexibility index (Phi) is 6.74. The molecule has 0 unspecified atom stereocenters. The van der Waals surface area contributed by atoms with E-state index in [9.17, 15) is 26.3 Å². The minimum atomic E-state index is -3.85. The summed E-state index contributed by atoms with van der Waals surface area (Å²) in [7, 11) is 0. The first-order valence-electron chi connectivity index (χ1n) is 11.7. The van der Waals surface area contributed by atoms with Crippen LogP contribution < -0.4 is 4.74 Å². The molecule has 0 amide bonds. The van der Waals surface area contributed by atoms with E-state index in [1.807, 2.05) is 18.2 Å². The zero-order valence-electron chi connectivity index (χ0n) is 19.4. The van der Waals surface area contributed by atoms with E-state index in [1.165, 1.54) is 0 Å². The number of nitrogens with zero attached hydrogens (tertiary/aromatic N) is 1. The molecule has 1 aromatic heterocycles. The van der Waals surface area contributed by atoms with Crippen LogP contribution in [0, 0.1) is 29.2 Å². The highest BCUT2D eigenvalue weighted by atomic mass is 32.1. The summed E-state index contributed by atoms with van der Waals surface area (Å²) < 4.78 is 90.2. The third-order valence-electron chi connectivity index (χ3n) is 6.72. The highest BCUT2D eigenvalue weighted by Crippen LogP contribution is 2.41. The van der Waals surface area contributed by atoms with Crippen LogP contribution in [-0.2, 0) is 6.11 Å². The number of hydrogen-bond donors (Lipinski definition) is 0. The highest BCUT2D eigenvalue weighted by Gasteiger charge is 2.39. The van der Waals surface area contributed by atoms with Gasteiger partial charge in [0.25, 0.3) is 0 Å². The zero-order chi connectivity index (χ0) is 26.3. The standard InChI is InChI=1S/C28H21F6NOS/c1-2-15-3-5-16(6-4-15)17-7-10-24-25(13-17)37-27(35-24)28(33,34)36-19-8-9-20(21(29)14-19)18-11-22(30)26(32)23(31)12-18/h2,7-16H,1,3-6H2. The van der Waals surface area contributed by atoms with Crippen molar-refractivity contribution < 1.29 is 31.1 Å². The SMILES string of the molecule is C=CC1CCC(c2ccc3nc(C(F)(F)Oc4ccc(-c5cc(F)c(F)c(F)c5)c(F)c4)sc3c2)CC1. The van der Waals surface area contributed by atoms with Crippen LogP contribution in [-0.4, -0.2) is 4.98 Å². The monoisotopic (exact) mass is 533 g/mol. The van der Waals surface area contributed by atoms with Crippen molar-refractivity contribution >= 4 is 21.6 Å². The van der Waals surface area contributed by atoms with Crippen molar-refractivity contribution in [3.63, 3.8) is 0 Å². The molecule has 9 heteroatoms. The Morgan fingerprint density at radius 2 is 1.59 bits per heavy atom. The number of rotatable bonds is 6. The molecule has 0 radical (unpaired) electrons. The first-order valence-corrected chi connectivity index (χ1v) is 12.5. The minimum Gasteiger partial charge on any atom is -0.427 e. The van der Waals surface area contributed by atoms with Crippen LogP contribution in [0.2, 0.25) is 0 Å². The number of hydrogen-bond acceptors (Lipinski definition) is 3. The van der Waals surface area contributed by atoms with Gasteiger partial charge < -0.3 is 4.74 Å². The van der Waals surface area contributed by atoms with Crippen molar-refractivity contribution in [1.29, 1.82) is 0 Å². The second-order valence-electron chi connectivity index (χ2n) is 9.11. The number of ether oxygens (including phenoxy) is 1. The Morgan fingerprint density at radius 3 is 2.24 bits per heavy atom. The van der Waals surface area contributed by atoms with Gasteiger partial charge in [0.15, 0.2) is 17.5 Å². The van der Waals surface area contributed by atoms with E-state index >= 15 is 0 Å². The molecule has 0 aliphatic heterocycles.